The largest absolute Gasteiger partial charge is 0.445 e. The topological polar surface area (TPSA) is 80.3 Å². The summed E-state index contributed by atoms with van der Waals surface area (Å²) in [6.07, 6.45) is 1.55. The molecule has 1 atom stereocenters. The minimum absolute atomic E-state index is 0.149. The van der Waals surface area contributed by atoms with E-state index in [0.29, 0.717) is 17.6 Å². The number of aromatic nitrogens is 1. The molecule has 0 aliphatic carbocycles. The molecule has 6 nitrogen and oxygen atoms in total. The number of carbonyl (C=O) groups is 2. The zero-order chi connectivity index (χ0) is 20.6. The maximum Gasteiger partial charge on any atom is 0.408 e. The van der Waals surface area contributed by atoms with E-state index >= 15 is 0 Å². The van der Waals surface area contributed by atoms with Crippen LogP contribution in [0.3, 0.4) is 0 Å². The third-order valence-corrected chi connectivity index (χ3v) is 4.42. The Hall–Kier alpha value is -3.41. The summed E-state index contributed by atoms with van der Waals surface area (Å²) < 4.78 is 5.27. The first kappa shape index (κ1) is 20.3. The van der Waals surface area contributed by atoms with Crippen LogP contribution in [0.25, 0.3) is 10.9 Å². The molecule has 3 rings (SSSR count). The van der Waals surface area contributed by atoms with E-state index in [1.165, 1.54) is 0 Å². The number of anilines is 1. The number of hydrogen-bond acceptors (Lipinski definition) is 4. The smallest absolute Gasteiger partial charge is 0.408 e. The van der Waals surface area contributed by atoms with Gasteiger partial charge in [0, 0.05) is 11.6 Å². The summed E-state index contributed by atoms with van der Waals surface area (Å²) >= 11 is 0. The second kappa shape index (κ2) is 9.68. The van der Waals surface area contributed by atoms with E-state index in [9.17, 15) is 9.59 Å². The SMILES string of the molecule is CC(C)C[C@H](NC(=O)OCc1ccccc1)C(=O)Nc1cccc2cccnc12. The second-order valence-electron chi connectivity index (χ2n) is 7.26. The summed E-state index contributed by atoms with van der Waals surface area (Å²) in [5, 5.41) is 6.52. The lowest BCUT2D eigenvalue weighted by molar-refractivity contribution is -0.118. The van der Waals surface area contributed by atoms with Gasteiger partial charge in [-0.1, -0.05) is 62.4 Å². The number of fused-ring (bicyclic) bond motifs is 1. The van der Waals surface area contributed by atoms with Crippen molar-refractivity contribution in [1.82, 2.24) is 10.3 Å². The Kier molecular flexibility index (Phi) is 6.79. The first-order valence-electron chi connectivity index (χ1n) is 9.64. The van der Waals surface area contributed by atoms with Crippen LogP contribution in [0.2, 0.25) is 0 Å². The van der Waals surface area contributed by atoms with Crippen LogP contribution in [0, 0.1) is 5.92 Å². The van der Waals surface area contributed by atoms with Crippen LogP contribution in [0.15, 0.2) is 66.9 Å². The van der Waals surface area contributed by atoms with E-state index < -0.39 is 12.1 Å². The van der Waals surface area contributed by atoms with Gasteiger partial charge in [-0.05, 0) is 30.0 Å². The average Bonchev–Trinajstić information content (AvgIpc) is 2.72. The summed E-state index contributed by atoms with van der Waals surface area (Å²) in [5.74, 6) is -0.0840. The molecule has 0 fully saturated rings. The number of benzene rings is 2. The zero-order valence-corrected chi connectivity index (χ0v) is 16.6. The van der Waals surface area contributed by atoms with Gasteiger partial charge in [0.15, 0.2) is 0 Å². The molecule has 3 aromatic rings. The van der Waals surface area contributed by atoms with Gasteiger partial charge in [0.05, 0.1) is 11.2 Å². The van der Waals surface area contributed by atoms with Crippen LogP contribution in [0.5, 0.6) is 0 Å². The minimum atomic E-state index is -0.711. The Balaban J connectivity index is 1.67. The maximum atomic E-state index is 12.9. The van der Waals surface area contributed by atoms with Crippen molar-refractivity contribution >= 4 is 28.6 Å². The molecule has 6 heteroatoms. The molecule has 0 saturated carbocycles. The third-order valence-electron chi connectivity index (χ3n) is 4.42. The molecule has 0 saturated heterocycles. The Morgan fingerprint density at radius 2 is 1.76 bits per heavy atom. The first-order valence-corrected chi connectivity index (χ1v) is 9.64. The molecule has 0 aliphatic heterocycles. The molecule has 1 heterocycles. The van der Waals surface area contributed by atoms with Gasteiger partial charge >= 0.3 is 6.09 Å². The standard InChI is InChI=1S/C23H25N3O3/c1-16(2)14-20(26-23(28)29-15-17-8-4-3-5-9-17)22(27)25-19-12-6-10-18-11-7-13-24-21(18)19/h3-13,16,20H,14-15H2,1-2H3,(H,25,27)(H,26,28)/t20-/m0/s1. The number of rotatable bonds is 7. The van der Waals surface area contributed by atoms with Gasteiger partial charge in [-0.3, -0.25) is 9.78 Å². The van der Waals surface area contributed by atoms with Gasteiger partial charge in [0.25, 0.3) is 0 Å². The van der Waals surface area contributed by atoms with Crippen molar-refractivity contribution in [3.8, 4) is 0 Å². The normalized spacial score (nSPS) is 11.8. The van der Waals surface area contributed by atoms with Gasteiger partial charge in [-0.2, -0.15) is 0 Å². The van der Waals surface area contributed by atoms with Gasteiger partial charge in [-0.25, -0.2) is 4.79 Å². The Bertz CT molecular complexity index is 968. The van der Waals surface area contributed by atoms with E-state index in [0.717, 1.165) is 10.9 Å². The molecule has 29 heavy (non-hydrogen) atoms. The fourth-order valence-electron chi connectivity index (χ4n) is 3.03. The Morgan fingerprint density at radius 1 is 1.00 bits per heavy atom. The molecule has 2 amide bonds. The molecule has 0 bridgehead atoms. The van der Waals surface area contributed by atoms with Crippen LogP contribution in [0.1, 0.15) is 25.8 Å². The van der Waals surface area contributed by atoms with Crippen LogP contribution < -0.4 is 10.6 Å². The van der Waals surface area contributed by atoms with Crippen molar-refractivity contribution < 1.29 is 14.3 Å². The van der Waals surface area contributed by atoms with E-state index in [1.807, 2.05) is 68.4 Å². The van der Waals surface area contributed by atoms with Crippen molar-refractivity contribution in [2.24, 2.45) is 5.92 Å². The van der Waals surface area contributed by atoms with Gasteiger partial charge in [0.2, 0.25) is 5.91 Å². The number of amides is 2. The average molecular weight is 391 g/mol. The molecular formula is C23H25N3O3. The molecule has 1 aromatic heterocycles. The minimum Gasteiger partial charge on any atom is -0.445 e. The number of para-hydroxylation sites is 1. The molecule has 2 aromatic carbocycles. The van der Waals surface area contributed by atoms with Crippen molar-refractivity contribution in [3.05, 3.63) is 72.4 Å². The lowest BCUT2D eigenvalue weighted by Crippen LogP contribution is -2.44. The van der Waals surface area contributed by atoms with Crippen LogP contribution in [0.4, 0.5) is 10.5 Å². The van der Waals surface area contributed by atoms with Gasteiger partial charge < -0.3 is 15.4 Å². The number of hydrogen-bond donors (Lipinski definition) is 2. The van der Waals surface area contributed by atoms with Gasteiger partial charge in [0.1, 0.15) is 12.6 Å². The van der Waals surface area contributed by atoms with E-state index in [1.54, 1.807) is 12.3 Å². The third kappa shape index (κ3) is 5.78. The van der Waals surface area contributed by atoms with Gasteiger partial charge in [-0.15, -0.1) is 0 Å². The molecule has 150 valence electrons. The number of nitrogens with zero attached hydrogens (tertiary/aromatic N) is 1. The molecule has 2 N–H and O–H groups in total. The molecule has 0 spiro atoms. The van der Waals surface area contributed by atoms with E-state index in [-0.39, 0.29) is 18.4 Å². The maximum absolute atomic E-state index is 12.9. The Morgan fingerprint density at radius 3 is 2.52 bits per heavy atom. The summed E-state index contributed by atoms with van der Waals surface area (Å²) in [7, 11) is 0. The fourth-order valence-corrected chi connectivity index (χ4v) is 3.03. The second-order valence-corrected chi connectivity index (χ2v) is 7.26. The number of carbonyl (C=O) groups excluding carboxylic acids is 2. The number of pyridine rings is 1. The summed E-state index contributed by atoms with van der Waals surface area (Å²) in [4.78, 5) is 29.5. The number of nitrogens with one attached hydrogen (secondary N) is 2. The van der Waals surface area contributed by atoms with Crippen LogP contribution in [-0.2, 0) is 16.1 Å². The highest BCUT2D eigenvalue weighted by Crippen LogP contribution is 2.21. The quantitative estimate of drug-likeness (QED) is 0.621. The summed E-state index contributed by atoms with van der Waals surface area (Å²) in [6, 6.07) is 18.1. The van der Waals surface area contributed by atoms with Crippen molar-refractivity contribution in [1.29, 1.82) is 0 Å². The highest BCUT2D eigenvalue weighted by Gasteiger charge is 2.23. The van der Waals surface area contributed by atoms with Crippen molar-refractivity contribution in [3.63, 3.8) is 0 Å². The van der Waals surface area contributed by atoms with Crippen LogP contribution in [-0.4, -0.2) is 23.0 Å². The first-order chi connectivity index (χ1) is 14.0. The molecule has 0 unspecified atom stereocenters. The van der Waals surface area contributed by atoms with E-state index in [4.69, 9.17) is 4.74 Å². The lowest BCUT2D eigenvalue weighted by Gasteiger charge is -2.20. The van der Waals surface area contributed by atoms with Crippen molar-refractivity contribution in [2.75, 3.05) is 5.32 Å². The zero-order valence-electron chi connectivity index (χ0n) is 16.6. The summed E-state index contributed by atoms with van der Waals surface area (Å²) in [5.41, 5.74) is 2.20. The molecule has 0 aliphatic rings. The predicted molar refractivity (Wildman–Crippen MR) is 113 cm³/mol. The number of ether oxygens (including phenoxy) is 1. The fraction of sp³-hybridized carbons (Fsp3) is 0.261. The highest BCUT2D eigenvalue weighted by molar-refractivity contribution is 6.03. The molecular weight excluding hydrogens is 366 g/mol. The lowest BCUT2D eigenvalue weighted by atomic mass is 10.0. The van der Waals surface area contributed by atoms with Crippen LogP contribution >= 0.6 is 0 Å². The predicted octanol–water partition coefficient (Wildman–Crippen LogP) is 4.51. The molecule has 0 radical (unpaired) electrons. The number of alkyl carbamates (subject to hydrolysis) is 1. The van der Waals surface area contributed by atoms with Crippen molar-refractivity contribution in [2.45, 2.75) is 32.9 Å². The monoisotopic (exact) mass is 391 g/mol. The Labute approximate surface area is 170 Å². The highest BCUT2D eigenvalue weighted by atomic mass is 16.5. The van der Waals surface area contributed by atoms with E-state index in [2.05, 4.69) is 15.6 Å². The summed E-state index contributed by atoms with van der Waals surface area (Å²) in [6.45, 7) is 4.14.